The first kappa shape index (κ1) is 16.8. The number of carboxylic acids is 1. The molecule has 0 radical (unpaired) electrons. The zero-order chi connectivity index (χ0) is 16.0. The van der Waals surface area contributed by atoms with Gasteiger partial charge in [-0.2, -0.15) is 0 Å². The number of hydrogen-bond donors (Lipinski definition) is 2. The summed E-state index contributed by atoms with van der Waals surface area (Å²) in [6.45, 7) is 5.60. The van der Waals surface area contributed by atoms with Gasteiger partial charge in [0, 0.05) is 12.7 Å². The highest BCUT2D eigenvalue weighted by atomic mass is 16.5. The predicted octanol–water partition coefficient (Wildman–Crippen LogP) is 2.80. The van der Waals surface area contributed by atoms with Gasteiger partial charge in [0.05, 0.1) is 6.61 Å². The summed E-state index contributed by atoms with van der Waals surface area (Å²) in [4.78, 5) is 24.3. The number of carboxylic acid groups (broad SMARTS) is 1. The van der Waals surface area contributed by atoms with Crippen molar-refractivity contribution < 1.29 is 19.4 Å². The lowest BCUT2D eigenvalue weighted by molar-refractivity contribution is -0.146. The van der Waals surface area contributed by atoms with Gasteiger partial charge >= 0.3 is 12.0 Å². The smallest absolute Gasteiger partial charge is 0.329 e. The molecule has 0 heterocycles. The summed E-state index contributed by atoms with van der Waals surface area (Å²) >= 11 is 0. The first-order valence-corrected chi connectivity index (χ1v) is 6.80. The second-order valence-corrected chi connectivity index (χ2v) is 5.23. The molecule has 0 aromatic heterocycles. The van der Waals surface area contributed by atoms with Crippen molar-refractivity contribution in [2.75, 3.05) is 19.0 Å². The Kier molecular flexibility index (Phi) is 5.58. The van der Waals surface area contributed by atoms with Crippen LogP contribution in [0.2, 0.25) is 0 Å². The number of nitrogens with zero attached hydrogens (tertiary/aromatic N) is 1. The molecule has 0 unspecified atom stereocenters. The fraction of sp³-hybridized carbons (Fsp3) is 0.467. The average Bonchev–Trinajstić information content (AvgIpc) is 2.45. The Morgan fingerprint density at radius 2 is 1.86 bits per heavy atom. The molecule has 0 aliphatic heterocycles. The normalized spacial score (nSPS) is 10.9. The molecule has 21 heavy (non-hydrogen) atoms. The number of rotatable bonds is 6. The second-order valence-electron chi connectivity index (χ2n) is 5.23. The van der Waals surface area contributed by atoms with Gasteiger partial charge in [-0.25, -0.2) is 9.59 Å². The van der Waals surface area contributed by atoms with Crippen LogP contribution < -0.4 is 10.1 Å². The van der Waals surface area contributed by atoms with Gasteiger partial charge in [0.15, 0.2) is 0 Å². The molecule has 116 valence electrons. The van der Waals surface area contributed by atoms with Crippen LogP contribution in [0.3, 0.4) is 0 Å². The van der Waals surface area contributed by atoms with Crippen LogP contribution in [0.4, 0.5) is 10.5 Å². The molecule has 0 aliphatic rings. The zero-order valence-electron chi connectivity index (χ0n) is 12.8. The molecule has 0 aliphatic carbocycles. The molecular formula is C15H22N2O4. The Hall–Kier alpha value is -2.24. The van der Waals surface area contributed by atoms with Crippen molar-refractivity contribution in [3.8, 4) is 5.75 Å². The molecule has 0 bridgehead atoms. The summed E-state index contributed by atoms with van der Waals surface area (Å²) in [5.41, 5.74) is -0.703. The molecule has 0 saturated heterocycles. The maximum Gasteiger partial charge on any atom is 0.329 e. The molecule has 0 atom stereocenters. The number of carbonyl (C=O) groups is 2. The lowest BCUT2D eigenvalue weighted by atomic mass is 10.1. The lowest BCUT2D eigenvalue weighted by Gasteiger charge is -2.31. The van der Waals surface area contributed by atoms with Crippen molar-refractivity contribution in [3.63, 3.8) is 0 Å². The molecule has 1 aromatic carbocycles. The maximum atomic E-state index is 12.0. The van der Waals surface area contributed by atoms with Gasteiger partial charge in [-0.1, -0.05) is 6.92 Å². The Morgan fingerprint density at radius 1 is 1.29 bits per heavy atom. The van der Waals surface area contributed by atoms with E-state index in [1.165, 1.54) is 20.9 Å². The van der Waals surface area contributed by atoms with Gasteiger partial charge < -0.3 is 20.1 Å². The highest BCUT2D eigenvalue weighted by Crippen LogP contribution is 2.18. The van der Waals surface area contributed by atoms with Crippen LogP contribution >= 0.6 is 0 Å². The minimum Gasteiger partial charge on any atom is -0.494 e. The quantitative estimate of drug-likeness (QED) is 0.845. The number of urea groups is 1. The number of nitrogens with one attached hydrogen (secondary N) is 1. The van der Waals surface area contributed by atoms with Crippen LogP contribution in [0, 0.1) is 0 Å². The molecule has 1 rings (SSSR count). The molecule has 0 spiro atoms. The number of aliphatic carboxylic acids is 1. The molecule has 0 fully saturated rings. The monoisotopic (exact) mass is 294 g/mol. The largest absolute Gasteiger partial charge is 0.494 e. The third-order valence-corrected chi connectivity index (χ3v) is 3.24. The third-order valence-electron chi connectivity index (χ3n) is 3.24. The third kappa shape index (κ3) is 4.37. The van der Waals surface area contributed by atoms with Crippen LogP contribution in [-0.2, 0) is 4.79 Å². The molecule has 1 aromatic rings. The number of hydrogen-bond acceptors (Lipinski definition) is 3. The van der Waals surface area contributed by atoms with Crippen LogP contribution in [-0.4, -0.2) is 41.2 Å². The summed E-state index contributed by atoms with van der Waals surface area (Å²) < 4.78 is 5.45. The van der Waals surface area contributed by atoms with Gasteiger partial charge in [-0.05, 0) is 44.5 Å². The van der Waals surface area contributed by atoms with Crippen LogP contribution in [0.5, 0.6) is 5.75 Å². The van der Waals surface area contributed by atoms with E-state index in [2.05, 4.69) is 5.32 Å². The summed E-state index contributed by atoms with van der Waals surface area (Å²) in [5, 5.41) is 11.8. The number of carbonyl (C=O) groups excluding carboxylic acids is 1. The summed E-state index contributed by atoms with van der Waals surface area (Å²) in [6, 6.07) is 6.46. The predicted molar refractivity (Wildman–Crippen MR) is 80.7 cm³/mol. The number of benzene rings is 1. The van der Waals surface area contributed by atoms with Gasteiger partial charge in [0.2, 0.25) is 0 Å². The number of likely N-dealkylation sites (N-methyl/N-ethyl adjacent to an activating group) is 1. The molecule has 6 nitrogen and oxygen atoms in total. The Labute approximate surface area is 124 Å². The molecular weight excluding hydrogens is 272 g/mol. The maximum absolute atomic E-state index is 12.0. The topological polar surface area (TPSA) is 78.9 Å². The summed E-state index contributed by atoms with van der Waals surface area (Å²) in [6.07, 6.45) is 0.924. The molecule has 2 amide bonds. The van der Waals surface area contributed by atoms with E-state index >= 15 is 0 Å². The Bertz CT molecular complexity index is 497. The van der Waals surface area contributed by atoms with Gasteiger partial charge in [-0.3, -0.25) is 0 Å². The summed E-state index contributed by atoms with van der Waals surface area (Å²) in [7, 11) is 1.45. The summed E-state index contributed by atoms with van der Waals surface area (Å²) in [5.74, 6) is -0.336. The van der Waals surface area contributed by atoms with E-state index < -0.39 is 17.5 Å². The van der Waals surface area contributed by atoms with Gasteiger partial charge in [-0.15, -0.1) is 0 Å². The number of amides is 2. The highest BCUT2D eigenvalue weighted by Gasteiger charge is 2.35. The zero-order valence-corrected chi connectivity index (χ0v) is 12.8. The highest BCUT2D eigenvalue weighted by molar-refractivity contribution is 5.93. The number of anilines is 1. The van der Waals surface area contributed by atoms with Crippen LogP contribution in [0.1, 0.15) is 27.2 Å². The van der Waals surface area contributed by atoms with Crippen LogP contribution in [0.25, 0.3) is 0 Å². The van der Waals surface area contributed by atoms with Crippen molar-refractivity contribution >= 4 is 17.7 Å². The van der Waals surface area contributed by atoms with E-state index in [9.17, 15) is 9.59 Å². The minimum absolute atomic E-state index is 0.482. The Morgan fingerprint density at radius 3 is 2.33 bits per heavy atom. The first-order chi connectivity index (χ1) is 9.78. The van der Waals surface area contributed by atoms with E-state index in [1.807, 2.05) is 6.92 Å². The SMILES string of the molecule is CCCOc1ccc(NC(=O)N(C)C(C)(C)C(=O)O)cc1. The fourth-order valence-corrected chi connectivity index (χ4v) is 1.46. The average molecular weight is 294 g/mol. The van der Waals surface area contributed by atoms with E-state index in [0.29, 0.717) is 12.3 Å². The number of ether oxygens (including phenoxy) is 1. The van der Waals surface area contributed by atoms with Crippen molar-refractivity contribution in [2.24, 2.45) is 0 Å². The first-order valence-electron chi connectivity index (χ1n) is 6.80. The molecule has 2 N–H and O–H groups in total. The standard InChI is InChI=1S/C15H22N2O4/c1-5-10-21-12-8-6-11(7-9-12)16-14(20)17(4)15(2,3)13(18)19/h6-9H,5,10H2,1-4H3,(H,16,20)(H,18,19). The fourth-order valence-electron chi connectivity index (χ4n) is 1.46. The van der Waals surface area contributed by atoms with E-state index in [-0.39, 0.29) is 0 Å². The molecule has 6 heteroatoms. The van der Waals surface area contributed by atoms with E-state index in [4.69, 9.17) is 9.84 Å². The van der Waals surface area contributed by atoms with Gasteiger partial charge in [0.25, 0.3) is 0 Å². The van der Waals surface area contributed by atoms with Gasteiger partial charge in [0.1, 0.15) is 11.3 Å². The van der Waals surface area contributed by atoms with Crippen molar-refractivity contribution in [3.05, 3.63) is 24.3 Å². The van der Waals surface area contributed by atoms with Crippen molar-refractivity contribution in [2.45, 2.75) is 32.7 Å². The van der Waals surface area contributed by atoms with Crippen molar-refractivity contribution in [1.82, 2.24) is 4.90 Å². The Balaban J connectivity index is 2.68. The van der Waals surface area contributed by atoms with E-state index in [1.54, 1.807) is 24.3 Å². The molecule has 0 saturated carbocycles. The van der Waals surface area contributed by atoms with Crippen molar-refractivity contribution in [1.29, 1.82) is 0 Å². The van der Waals surface area contributed by atoms with E-state index in [0.717, 1.165) is 17.1 Å². The van der Waals surface area contributed by atoms with Crippen LogP contribution in [0.15, 0.2) is 24.3 Å². The second kappa shape index (κ2) is 6.97. The lowest BCUT2D eigenvalue weighted by Crippen LogP contribution is -2.52. The minimum atomic E-state index is -1.28.